The largest absolute Gasteiger partial charge is 0.389 e. The highest BCUT2D eigenvalue weighted by Crippen LogP contribution is 2.39. The van der Waals surface area contributed by atoms with Gasteiger partial charge in [0.05, 0.1) is 12.2 Å². The van der Waals surface area contributed by atoms with Crippen molar-refractivity contribution in [1.82, 2.24) is 5.32 Å². The molecule has 4 aliphatic rings. The zero-order chi connectivity index (χ0) is 6.72. The maximum absolute atomic E-state index is 9.52. The second-order valence-electron chi connectivity index (χ2n) is 3.56. The quantitative estimate of drug-likeness (QED) is 0.466. The smallest absolute Gasteiger partial charge is 0.101 e. The number of aliphatic hydroxyl groups excluding tert-OH is 1. The molecule has 2 N–H and O–H groups in total. The van der Waals surface area contributed by atoms with Crippen LogP contribution in [0.2, 0.25) is 0 Å². The molecule has 4 aliphatic heterocycles. The van der Waals surface area contributed by atoms with Crippen LogP contribution in [-0.4, -0.2) is 35.5 Å². The first-order valence-corrected chi connectivity index (χ1v) is 3.94. The van der Waals surface area contributed by atoms with Crippen LogP contribution in [-0.2, 0) is 4.74 Å². The maximum Gasteiger partial charge on any atom is 0.101 e. The average Bonchev–Trinajstić information content (AvgIpc) is 2.31. The molecule has 5 unspecified atom stereocenters. The van der Waals surface area contributed by atoms with E-state index in [4.69, 9.17) is 4.74 Å². The maximum atomic E-state index is 9.52. The molecule has 3 nitrogen and oxygen atoms in total. The molecule has 4 bridgehead atoms. The Morgan fingerprint density at radius 2 is 2.10 bits per heavy atom. The summed E-state index contributed by atoms with van der Waals surface area (Å²) in [5.41, 5.74) is 0. The van der Waals surface area contributed by atoms with Gasteiger partial charge in [-0.1, -0.05) is 0 Å². The number of piperidine rings is 1. The van der Waals surface area contributed by atoms with E-state index in [9.17, 15) is 5.11 Å². The first-order chi connectivity index (χ1) is 4.84. The minimum atomic E-state index is -0.233. The Morgan fingerprint density at radius 1 is 1.30 bits per heavy atom. The van der Waals surface area contributed by atoms with Gasteiger partial charge in [-0.25, -0.2) is 0 Å². The van der Waals surface area contributed by atoms with Gasteiger partial charge in [0.1, 0.15) is 6.10 Å². The molecule has 4 fully saturated rings. The molecule has 0 aromatic heterocycles. The zero-order valence-electron chi connectivity index (χ0n) is 5.66. The fraction of sp³-hybridized carbons (Fsp3) is 1.00. The Labute approximate surface area is 59.4 Å². The zero-order valence-corrected chi connectivity index (χ0v) is 5.66. The molecule has 4 heterocycles. The van der Waals surface area contributed by atoms with Crippen molar-refractivity contribution in [2.75, 3.05) is 0 Å². The Hall–Kier alpha value is -0.120. The lowest BCUT2D eigenvalue weighted by Gasteiger charge is -2.28. The fourth-order valence-electron chi connectivity index (χ4n) is 2.52. The molecule has 4 saturated heterocycles. The fourth-order valence-corrected chi connectivity index (χ4v) is 2.52. The number of aliphatic hydroxyl groups is 1. The molecule has 10 heavy (non-hydrogen) atoms. The lowest BCUT2D eigenvalue weighted by atomic mass is 10.0. The van der Waals surface area contributed by atoms with Crippen LogP contribution in [0.3, 0.4) is 0 Å². The third kappa shape index (κ3) is 0.480. The van der Waals surface area contributed by atoms with Gasteiger partial charge in [-0.05, 0) is 12.8 Å². The summed E-state index contributed by atoms with van der Waals surface area (Å²) in [6, 6.07) is 0.793. The molecule has 4 rings (SSSR count). The highest BCUT2D eigenvalue weighted by molar-refractivity contribution is 5.09. The van der Waals surface area contributed by atoms with Crippen LogP contribution in [0.25, 0.3) is 0 Å². The number of ether oxygens (including phenoxy) is 1. The van der Waals surface area contributed by atoms with E-state index in [1.54, 1.807) is 0 Å². The van der Waals surface area contributed by atoms with Gasteiger partial charge in [-0.15, -0.1) is 0 Å². The number of hydrogen-bond donors (Lipinski definition) is 2. The van der Waals surface area contributed by atoms with E-state index >= 15 is 0 Å². The predicted molar refractivity (Wildman–Crippen MR) is 34.6 cm³/mol. The molecule has 0 aromatic rings. The average molecular weight is 141 g/mol. The van der Waals surface area contributed by atoms with Crippen molar-refractivity contribution >= 4 is 0 Å². The van der Waals surface area contributed by atoms with Gasteiger partial charge < -0.3 is 15.2 Å². The van der Waals surface area contributed by atoms with Crippen LogP contribution in [0.15, 0.2) is 0 Å². The lowest BCUT2D eigenvalue weighted by molar-refractivity contribution is -0.0684. The predicted octanol–water partition coefficient (Wildman–Crippen LogP) is -0.751. The van der Waals surface area contributed by atoms with Crippen LogP contribution in [0.5, 0.6) is 0 Å². The van der Waals surface area contributed by atoms with E-state index in [1.165, 1.54) is 0 Å². The molecule has 5 atom stereocenters. The molecule has 0 aliphatic carbocycles. The molecule has 3 heteroatoms. The first-order valence-electron chi connectivity index (χ1n) is 3.94. The standard InChI is InChI=1S/C7H11NO2/c9-6-4-1-3-2-5(8-4)7(6)10-3/h3-9H,1-2H2. The second kappa shape index (κ2) is 1.55. The van der Waals surface area contributed by atoms with Crippen LogP contribution < -0.4 is 5.32 Å². The van der Waals surface area contributed by atoms with Gasteiger partial charge in [0.15, 0.2) is 0 Å². The van der Waals surface area contributed by atoms with Crippen molar-refractivity contribution in [1.29, 1.82) is 0 Å². The van der Waals surface area contributed by atoms with Gasteiger partial charge in [0.25, 0.3) is 0 Å². The summed E-state index contributed by atoms with van der Waals surface area (Å²) in [7, 11) is 0. The molecule has 0 saturated carbocycles. The molecule has 56 valence electrons. The minimum Gasteiger partial charge on any atom is -0.389 e. The van der Waals surface area contributed by atoms with Crippen molar-refractivity contribution < 1.29 is 9.84 Å². The van der Waals surface area contributed by atoms with Gasteiger partial charge in [0, 0.05) is 12.1 Å². The molecule has 0 radical (unpaired) electrons. The Balaban J connectivity index is 1.99. The van der Waals surface area contributed by atoms with Gasteiger partial charge in [-0.2, -0.15) is 0 Å². The van der Waals surface area contributed by atoms with Gasteiger partial charge in [-0.3, -0.25) is 0 Å². The topological polar surface area (TPSA) is 41.5 Å². The van der Waals surface area contributed by atoms with Gasteiger partial charge in [0.2, 0.25) is 0 Å². The Morgan fingerprint density at radius 3 is 2.80 bits per heavy atom. The van der Waals surface area contributed by atoms with Crippen LogP contribution in [0.4, 0.5) is 0 Å². The highest BCUT2D eigenvalue weighted by Gasteiger charge is 2.54. The van der Waals surface area contributed by atoms with E-state index in [-0.39, 0.29) is 12.2 Å². The third-order valence-corrected chi connectivity index (χ3v) is 2.96. The lowest BCUT2D eigenvalue weighted by Crippen LogP contribution is -2.43. The van der Waals surface area contributed by atoms with Crippen molar-refractivity contribution in [2.24, 2.45) is 0 Å². The van der Waals surface area contributed by atoms with E-state index < -0.39 is 0 Å². The van der Waals surface area contributed by atoms with E-state index in [1.807, 2.05) is 0 Å². The third-order valence-electron chi connectivity index (χ3n) is 2.96. The van der Waals surface area contributed by atoms with Crippen molar-refractivity contribution in [2.45, 2.75) is 43.2 Å². The summed E-state index contributed by atoms with van der Waals surface area (Å²) in [4.78, 5) is 0. The number of rotatable bonds is 0. The van der Waals surface area contributed by atoms with Crippen LogP contribution in [0.1, 0.15) is 12.8 Å². The summed E-state index contributed by atoms with van der Waals surface area (Å²) >= 11 is 0. The normalized spacial score (nSPS) is 63.9. The van der Waals surface area contributed by atoms with E-state index in [0.29, 0.717) is 18.2 Å². The van der Waals surface area contributed by atoms with Crippen molar-refractivity contribution in [3.8, 4) is 0 Å². The molecular formula is C7H11NO2. The summed E-state index contributed by atoms with van der Waals surface area (Å²) in [5.74, 6) is 0. The first kappa shape index (κ1) is 5.52. The van der Waals surface area contributed by atoms with E-state index in [2.05, 4.69) is 5.32 Å². The number of nitrogens with one attached hydrogen (secondary N) is 1. The highest BCUT2D eigenvalue weighted by atomic mass is 16.5. The number of hydrogen-bond acceptors (Lipinski definition) is 3. The Bertz CT molecular complexity index is 167. The Kier molecular flexibility index (Phi) is 0.854. The van der Waals surface area contributed by atoms with Crippen molar-refractivity contribution in [3.63, 3.8) is 0 Å². The van der Waals surface area contributed by atoms with Crippen molar-refractivity contribution in [3.05, 3.63) is 0 Å². The molecule has 0 aromatic carbocycles. The summed E-state index contributed by atoms with van der Waals surface area (Å²) < 4.78 is 5.55. The summed E-state index contributed by atoms with van der Waals surface area (Å²) in [5, 5.41) is 12.9. The molecule has 0 spiro atoms. The summed E-state index contributed by atoms with van der Waals surface area (Å²) in [6.45, 7) is 0. The molecular weight excluding hydrogens is 130 g/mol. The monoisotopic (exact) mass is 141 g/mol. The minimum absolute atomic E-state index is 0.115. The van der Waals surface area contributed by atoms with Crippen LogP contribution in [0, 0.1) is 0 Å². The van der Waals surface area contributed by atoms with Crippen LogP contribution >= 0.6 is 0 Å². The second-order valence-corrected chi connectivity index (χ2v) is 3.56. The molecule has 0 amide bonds. The van der Waals surface area contributed by atoms with Gasteiger partial charge >= 0.3 is 0 Å². The SMILES string of the molecule is OC1C2CC3CC(N2)C1O3. The van der Waals surface area contributed by atoms with E-state index in [0.717, 1.165) is 12.8 Å². The summed E-state index contributed by atoms with van der Waals surface area (Å²) in [6.07, 6.45) is 2.45.